The molecule has 0 aliphatic carbocycles. The molecule has 1 atom stereocenters. The summed E-state index contributed by atoms with van der Waals surface area (Å²) in [6.07, 6.45) is -0.161. The Morgan fingerprint density at radius 3 is 2.94 bits per heavy atom. The highest BCUT2D eigenvalue weighted by Crippen LogP contribution is 2.25. The first-order valence-corrected chi connectivity index (χ1v) is 5.85. The smallest absolute Gasteiger partial charge is 0.364 e. The molecule has 0 fully saturated rings. The Kier molecular flexibility index (Phi) is 3.58. The summed E-state index contributed by atoms with van der Waals surface area (Å²) in [6, 6.07) is 9.77. The van der Waals surface area contributed by atoms with Gasteiger partial charge < -0.3 is 4.74 Å². The number of aliphatic imine (C=N–C) groups is 1. The van der Waals surface area contributed by atoms with Crippen LogP contribution in [0.25, 0.3) is 0 Å². The van der Waals surface area contributed by atoms with Crippen LogP contribution in [0, 0.1) is 0 Å². The van der Waals surface area contributed by atoms with Gasteiger partial charge in [-0.05, 0) is 24.4 Å². The van der Waals surface area contributed by atoms with E-state index in [0.717, 1.165) is 5.56 Å². The maximum Gasteiger partial charge on any atom is 0.364 e. The zero-order valence-electron chi connectivity index (χ0n) is 8.84. The van der Waals surface area contributed by atoms with Crippen molar-refractivity contribution in [2.45, 2.75) is 13.1 Å². The number of ether oxygens (including phenoxy) is 1. The van der Waals surface area contributed by atoms with Crippen LogP contribution in [0.15, 0.2) is 35.3 Å². The second kappa shape index (κ2) is 5.14. The minimum Gasteiger partial charge on any atom is -0.461 e. The number of hydrogen-bond donors (Lipinski definition) is 1. The minimum atomic E-state index is -0.363. The molecule has 1 unspecified atom stereocenters. The lowest BCUT2D eigenvalue weighted by Crippen LogP contribution is -2.13. The van der Waals surface area contributed by atoms with Gasteiger partial charge in [0.2, 0.25) is 0 Å². The molecule has 1 N–H and O–H groups in total. The van der Waals surface area contributed by atoms with Gasteiger partial charge in [0, 0.05) is 0 Å². The molecule has 16 heavy (non-hydrogen) atoms. The van der Waals surface area contributed by atoms with Gasteiger partial charge in [0.1, 0.15) is 6.17 Å². The van der Waals surface area contributed by atoms with Crippen molar-refractivity contribution in [3.05, 3.63) is 35.9 Å². The number of hydrogen-bond acceptors (Lipinski definition) is 5. The van der Waals surface area contributed by atoms with E-state index in [-0.39, 0.29) is 12.1 Å². The van der Waals surface area contributed by atoms with Gasteiger partial charge in [0.05, 0.1) is 6.61 Å². The van der Waals surface area contributed by atoms with Gasteiger partial charge in [0.25, 0.3) is 0 Å². The fourth-order valence-electron chi connectivity index (χ4n) is 1.35. The highest BCUT2D eigenvalue weighted by Gasteiger charge is 2.24. The second-order valence-electron chi connectivity index (χ2n) is 3.19. The minimum absolute atomic E-state index is 0.161. The molecule has 1 aliphatic rings. The number of esters is 1. The van der Waals surface area contributed by atoms with E-state index in [1.54, 1.807) is 6.92 Å². The van der Waals surface area contributed by atoms with Crippen molar-refractivity contribution in [3.8, 4) is 0 Å². The first kappa shape index (κ1) is 11.2. The predicted octanol–water partition coefficient (Wildman–Crippen LogP) is 1.90. The molecule has 0 radical (unpaired) electrons. The van der Waals surface area contributed by atoms with E-state index in [4.69, 9.17) is 4.74 Å². The van der Waals surface area contributed by atoms with Crippen LogP contribution < -0.4 is 4.72 Å². The molecule has 0 saturated heterocycles. The Bertz CT molecular complexity index is 406. The van der Waals surface area contributed by atoms with E-state index in [2.05, 4.69) is 9.71 Å². The predicted molar refractivity (Wildman–Crippen MR) is 64.0 cm³/mol. The van der Waals surface area contributed by atoms with Crippen molar-refractivity contribution in [3.63, 3.8) is 0 Å². The van der Waals surface area contributed by atoms with E-state index in [9.17, 15) is 4.79 Å². The second-order valence-corrected chi connectivity index (χ2v) is 4.01. The molecule has 5 heteroatoms. The summed E-state index contributed by atoms with van der Waals surface area (Å²) >= 11 is 1.22. The fourth-order valence-corrected chi connectivity index (χ4v) is 2.06. The third-order valence-corrected chi connectivity index (χ3v) is 2.89. The third kappa shape index (κ3) is 2.43. The van der Waals surface area contributed by atoms with Crippen LogP contribution in [0.5, 0.6) is 0 Å². The zero-order chi connectivity index (χ0) is 11.4. The number of benzene rings is 1. The van der Waals surface area contributed by atoms with E-state index in [1.165, 1.54) is 11.9 Å². The molecular weight excluding hydrogens is 224 g/mol. The maximum atomic E-state index is 11.4. The number of nitrogens with zero attached hydrogens (tertiary/aromatic N) is 1. The van der Waals surface area contributed by atoms with Crippen molar-refractivity contribution in [1.82, 2.24) is 4.72 Å². The molecule has 1 aliphatic heterocycles. The Morgan fingerprint density at radius 1 is 1.50 bits per heavy atom. The van der Waals surface area contributed by atoms with Gasteiger partial charge >= 0.3 is 5.97 Å². The lowest BCUT2D eigenvalue weighted by molar-refractivity contribution is -0.134. The lowest BCUT2D eigenvalue weighted by Gasteiger charge is -2.05. The average molecular weight is 236 g/mol. The molecule has 2 rings (SSSR count). The number of rotatable bonds is 3. The highest BCUT2D eigenvalue weighted by molar-refractivity contribution is 8.14. The molecule has 0 aromatic heterocycles. The lowest BCUT2D eigenvalue weighted by atomic mass is 10.2. The number of nitrogens with one attached hydrogen (secondary N) is 1. The molecule has 0 spiro atoms. The summed E-state index contributed by atoms with van der Waals surface area (Å²) in [4.78, 5) is 15.7. The Morgan fingerprint density at radius 2 is 2.25 bits per heavy atom. The van der Waals surface area contributed by atoms with Gasteiger partial charge in [0.15, 0.2) is 5.04 Å². The average Bonchev–Trinajstić information content (AvgIpc) is 2.80. The normalized spacial score (nSPS) is 19.3. The molecule has 4 nitrogen and oxygen atoms in total. The molecule has 0 bridgehead atoms. The standard InChI is InChI=1S/C11H12N2O2S/c1-2-15-11(14)10-12-9(13-16-10)8-6-4-3-5-7-8/h3-7,9,13H,2H2,1H3. The first-order valence-electron chi connectivity index (χ1n) is 5.03. The fraction of sp³-hybridized carbons (Fsp3) is 0.273. The van der Waals surface area contributed by atoms with Crippen LogP contribution in [0.3, 0.4) is 0 Å². The Hall–Kier alpha value is -1.33. The topological polar surface area (TPSA) is 50.7 Å². The first-order chi connectivity index (χ1) is 7.81. The summed E-state index contributed by atoms with van der Waals surface area (Å²) in [5.74, 6) is -0.363. The van der Waals surface area contributed by atoms with Gasteiger partial charge in [-0.3, -0.25) is 0 Å². The largest absolute Gasteiger partial charge is 0.461 e. The molecular formula is C11H12N2O2S. The summed E-state index contributed by atoms with van der Waals surface area (Å²) < 4.78 is 7.95. The van der Waals surface area contributed by atoms with Gasteiger partial charge in [-0.2, -0.15) is 0 Å². The number of carbonyl (C=O) groups excluding carboxylic acids is 1. The summed E-state index contributed by atoms with van der Waals surface area (Å²) in [7, 11) is 0. The zero-order valence-corrected chi connectivity index (χ0v) is 9.66. The van der Waals surface area contributed by atoms with Crippen molar-refractivity contribution in [1.29, 1.82) is 0 Å². The summed E-state index contributed by atoms with van der Waals surface area (Å²) in [5, 5.41) is 0.385. The number of carbonyl (C=O) groups is 1. The molecule has 0 saturated carbocycles. The highest BCUT2D eigenvalue weighted by atomic mass is 32.2. The van der Waals surface area contributed by atoms with Crippen molar-refractivity contribution < 1.29 is 9.53 Å². The van der Waals surface area contributed by atoms with Gasteiger partial charge in [-0.25, -0.2) is 14.5 Å². The monoisotopic (exact) mass is 236 g/mol. The maximum absolute atomic E-state index is 11.4. The Balaban J connectivity index is 2.09. The van der Waals surface area contributed by atoms with Crippen LogP contribution in [-0.2, 0) is 9.53 Å². The van der Waals surface area contributed by atoms with Crippen LogP contribution in [0.2, 0.25) is 0 Å². The van der Waals surface area contributed by atoms with E-state index >= 15 is 0 Å². The van der Waals surface area contributed by atoms with Crippen LogP contribution in [0.1, 0.15) is 18.7 Å². The van der Waals surface area contributed by atoms with E-state index < -0.39 is 0 Å². The SMILES string of the molecule is CCOC(=O)C1=NC(c2ccccc2)NS1. The van der Waals surface area contributed by atoms with Crippen LogP contribution >= 0.6 is 11.9 Å². The third-order valence-electron chi connectivity index (χ3n) is 2.08. The molecule has 84 valence electrons. The molecule has 1 aromatic rings. The van der Waals surface area contributed by atoms with E-state index in [0.29, 0.717) is 11.7 Å². The summed E-state index contributed by atoms with van der Waals surface area (Å²) in [5.41, 5.74) is 1.04. The molecule has 0 amide bonds. The molecule has 1 heterocycles. The van der Waals surface area contributed by atoms with E-state index in [1.807, 2.05) is 30.3 Å². The van der Waals surface area contributed by atoms with Crippen LogP contribution in [0.4, 0.5) is 0 Å². The van der Waals surface area contributed by atoms with Crippen molar-refractivity contribution in [2.75, 3.05) is 6.61 Å². The van der Waals surface area contributed by atoms with Gasteiger partial charge in [-0.1, -0.05) is 30.3 Å². The Labute approximate surface area is 98.2 Å². The summed E-state index contributed by atoms with van der Waals surface area (Å²) in [6.45, 7) is 2.15. The van der Waals surface area contributed by atoms with Crippen LogP contribution in [-0.4, -0.2) is 17.6 Å². The van der Waals surface area contributed by atoms with Crippen molar-refractivity contribution >= 4 is 23.0 Å². The molecule has 1 aromatic carbocycles. The van der Waals surface area contributed by atoms with Crippen molar-refractivity contribution in [2.24, 2.45) is 4.99 Å². The van der Waals surface area contributed by atoms with Gasteiger partial charge in [-0.15, -0.1) is 0 Å². The quantitative estimate of drug-likeness (QED) is 0.643.